The van der Waals surface area contributed by atoms with E-state index in [1.165, 1.54) is 0 Å². The van der Waals surface area contributed by atoms with Crippen LogP contribution in [0.4, 0.5) is 11.4 Å². The molecule has 134 valence electrons. The number of carbonyl (C=O) groups is 2. The first kappa shape index (κ1) is 17.0. The molecule has 1 atom stereocenters. The Morgan fingerprint density at radius 1 is 1.04 bits per heavy atom. The summed E-state index contributed by atoms with van der Waals surface area (Å²) in [6, 6.07) is 21.9. The molecule has 4 rings (SSSR count). The van der Waals surface area contributed by atoms with Crippen molar-refractivity contribution >= 4 is 23.2 Å². The highest BCUT2D eigenvalue weighted by Crippen LogP contribution is 2.30. The van der Waals surface area contributed by atoms with Crippen molar-refractivity contribution in [1.29, 1.82) is 0 Å². The second kappa shape index (κ2) is 7.03. The monoisotopic (exact) mass is 358 g/mol. The summed E-state index contributed by atoms with van der Waals surface area (Å²) in [5.74, 6) is -0.354. The lowest BCUT2D eigenvalue weighted by atomic mass is 10.0. The largest absolute Gasteiger partial charge is 0.324 e. The molecule has 0 aliphatic carbocycles. The van der Waals surface area contributed by atoms with Crippen LogP contribution >= 0.6 is 0 Å². The first-order chi connectivity index (χ1) is 13.1. The minimum absolute atomic E-state index is 0.113. The van der Waals surface area contributed by atoms with Gasteiger partial charge in [-0.15, -0.1) is 0 Å². The van der Waals surface area contributed by atoms with Crippen LogP contribution in [0.3, 0.4) is 0 Å². The van der Waals surface area contributed by atoms with Gasteiger partial charge in [0.05, 0.1) is 0 Å². The number of aromatic nitrogens is 1. The van der Waals surface area contributed by atoms with Crippen molar-refractivity contribution < 1.29 is 14.2 Å². The zero-order chi connectivity index (χ0) is 18.8. The van der Waals surface area contributed by atoms with Crippen LogP contribution < -0.4 is 14.8 Å². The molecule has 1 aliphatic heterocycles. The van der Waals surface area contributed by atoms with E-state index in [1.807, 2.05) is 90.5 Å². The average molecular weight is 358 g/mol. The van der Waals surface area contributed by atoms with Crippen LogP contribution in [-0.2, 0) is 16.1 Å². The minimum atomic E-state index is -0.741. The lowest BCUT2D eigenvalue weighted by Gasteiger charge is -2.32. The number of fused-ring (bicyclic) bond motifs is 1. The third kappa shape index (κ3) is 3.31. The second-order valence-corrected chi connectivity index (χ2v) is 6.61. The first-order valence-electron chi connectivity index (χ1n) is 8.86. The van der Waals surface area contributed by atoms with Crippen molar-refractivity contribution in [2.24, 2.45) is 0 Å². The third-order valence-electron chi connectivity index (χ3n) is 4.66. The number of rotatable bonds is 3. The Balaban J connectivity index is 1.79. The standard InChI is InChI=1S/C22H19N3O2/c1-16-8-7-11-18(14-16)25-20(26)15-24-13-6-5-12-19(24)21(25)22(27)23-17-9-3-2-4-10-17/h2-14,21H,15H2,1H3/p+1/t21-/m1/s1. The van der Waals surface area contributed by atoms with Crippen LogP contribution in [0.5, 0.6) is 0 Å². The summed E-state index contributed by atoms with van der Waals surface area (Å²) in [6.45, 7) is 2.18. The number of para-hydroxylation sites is 1. The van der Waals surface area contributed by atoms with E-state index in [0.29, 0.717) is 5.69 Å². The molecule has 5 heteroatoms. The maximum Gasteiger partial charge on any atom is 0.294 e. The van der Waals surface area contributed by atoms with Crippen molar-refractivity contribution in [2.45, 2.75) is 19.5 Å². The molecule has 0 fully saturated rings. The Kier molecular flexibility index (Phi) is 4.42. The molecule has 2 aromatic carbocycles. The molecule has 0 saturated heterocycles. The van der Waals surface area contributed by atoms with Crippen LogP contribution in [0, 0.1) is 6.92 Å². The molecular weight excluding hydrogens is 338 g/mol. The Labute approximate surface area is 157 Å². The van der Waals surface area contributed by atoms with Gasteiger partial charge in [-0.05, 0) is 36.8 Å². The van der Waals surface area contributed by atoms with E-state index in [4.69, 9.17) is 0 Å². The average Bonchev–Trinajstić information content (AvgIpc) is 2.67. The second-order valence-electron chi connectivity index (χ2n) is 6.61. The van der Waals surface area contributed by atoms with Gasteiger partial charge in [-0.1, -0.05) is 36.4 Å². The predicted octanol–water partition coefficient (Wildman–Crippen LogP) is 3.01. The van der Waals surface area contributed by atoms with Crippen LogP contribution in [0.1, 0.15) is 17.3 Å². The highest BCUT2D eigenvalue weighted by molar-refractivity contribution is 6.05. The topological polar surface area (TPSA) is 53.3 Å². The summed E-state index contributed by atoms with van der Waals surface area (Å²) in [5, 5.41) is 2.94. The molecule has 2 heterocycles. The zero-order valence-electron chi connectivity index (χ0n) is 15.0. The Morgan fingerprint density at radius 2 is 1.81 bits per heavy atom. The summed E-state index contributed by atoms with van der Waals surface area (Å²) in [6.07, 6.45) is 1.84. The third-order valence-corrected chi connectivity index (χ3v) is 4.66. The van der Waals surface area contributed by atoms with Crippen molar-refractivity contribution in [2.75, 3.05) is 10.2 Å². The van der Waals surface area contributed by atoms with Crippen molar-refractivity contribution in [3.63, 3.8) is 0 Å². The first-order valence-corrected chi connectivity index (χ1v) is 8.86. The molecular formula is C22H20N3O2+. The molecule has 1 N–H and O–H groups in total. The maximum atomic E-state index is 13.2. The summed E-state index contributed by atoms with van der Waals surface area (Å²) in [4.78, 5) is 27.8. The number of pyridine rings is 1. The number of anilines is 2. The number of hydrogen-bond acceptors (Lipinski definition) is 2. The Bertz CT molecular complexity index is 1000. The van der Waals surface area contributed by atoms with E-state index >= 15 is 0 Å². The van der Waals surface area contributed by atoms with Gasteiger partial charge in [0.1, 0.15) is 0 Å². The SMILES string of the molecule is Cc1cccc(N2C(=O)C[n+]3ccccc3[C@@H]2C(=O)Nc2ccccc2)c1. The fourth-order valence-electron chi connectivity index (χ4n) is 3.43. The lowest BCUT2D eigenvalue weighted by molar-refractivity contribution is -0.695. The van der Waals surface area contributed by atoms with Crippen molar-refractivity contribution in [1.82, 2.24) is 0 Å². The van der Waals surface area contributed by atoms with E-state index in [1.54, 1.807) is 4.90 Å². The number of carbonyl (C=O) groups excluding carboxylic acids is 2. The zero-order valence-corrected chi connectivity index (χ0v) is 15.0. The van der Waals surface area contributed by atoms with Gasteiger partial charge in [0, 0.05) is 23.5 Å². The van der Waals surface area contributed by atoms with E-state index in [-0.39, 0.29) is 18.4 Å². The van der Waals surface area contributed by atoms with E-state index in [0.717, 1.165) is 16.9 Å². The molecule has 1 aromatic heterocycles. The molecule has 0 radical (unpaired) electrons. The van der Waals surface area contributed by atoms with Gasteiger partial charge in [0.25, 0.3) is 11.8 Å². The fourth-order valence-corrected chi connectivity index (χ4v) is 3.43. The minimum Gasteiger partial charge on any atom is -0.324 e. The summed E-state index contributed by atoms with van der Waals surface area (Å²) in [5.41, 5.74) is 3.25. The normalized spacial score (nSPS) is 16.0. The van der Waals surface area contributed by atoms with Gasteiger partial charge in [-0.25, -0.2) is 0 Å². The quantitative estimate of drug-likeness (QED) is 0.732. The number of benzene rings is 2. The van der Waals surface area contributed by atoms with Crippen LogP contribution in [-0.4, -0.2) is 11.8 Å². The number of hydrogen-bond donors (Lipinski definition) is 1. The molecule has 1 aliphatic rings. The molecule has 3 aromatic rings. The van der Waals surface area contributed by atoms with Gasteiger partial charge in [0.2, 0.25) is 18.3 Å². The number of nitrogens with zero attached hydrogens (tertiary/aromatic N) is 2. The molecule has 0 bridgehead atoms. The number of aryl methyl sites for hydroxylation is 1. The van der Waals surface area contributed by atoms with Gasteiger partial charge in [-0.2, -0.15) is 4.57 Å². The fraction of sp³-hybridized carbons (Fsp3) is 0.136. The molecule has 0 spiro atoms. The van der Waals surface area contributed by atoms with E-state index in [2.05, 4.69) is 5.32 Å². The molecule has 27 heavy (non-hydrogen) atoms. The van der Waals surface area contributed by atoms with Crippen molar-refractivity contribution in [3.8, 4) is 0 Å². The van der Waals surface area contributed by atoms with Crippen molar-refractivity contribution in [3.05, 3.63) is 90.3 Å². The molecule has 2 amide bonds. The summed E-state index contributed by atoms with van der Waals surface area (Å²) >= 11 is 0. The molecule has 0 saturated carbocycles. The maximum absolute atomic E-state index is 13.2. The predicted molar refractivity (Wildman–Crippen MR) is 103 cm³/mol. The van der Waals surface area contributed by atoms with Crippen LogP contribution in [0.2, 0.25) is 0 Å². The van der Waals surface area contributed by atoms with Gasteiger partial charge in [0.15, 0.2) is 6.20 Å². The van der Waals surface area contributed by atoms with Crippen LogP contribution in [0.15, 0.2) is 79.0 Å². The van der Waals surface area contributed by atoms with Crippen LogP contribution in [0.25, 0.3) is 0 Å². The lowest BCUT2D eigenvalue weighted by Crippen LogP contribution is -2.58. The van der Waals surface area contributed by atoms with E-state index < -0.39 is 6.04 Å². The van der Waals surface area contributed by atoms with Gasteiger partial charge < -0.3 is 5.32 Å². The summed E-state index contributed by atoms with van der Waals surface area (Å²) in [7, 11) is 0. The Morgan fingerprint density at radius 3 is 2.59 bits per heavy atom. The number of amides is 2. The highest BCUT2D eigenvalue weighted by atomic mass is 16.2. The van der Waals surface area contributed by atoms with E-state index in [9.17, 15) is 9.59 Å². The number of nitrogens with one attached hydrogen (secondary N) is 1. The summed E-state index contributed by atoms with van der Waals surface area (Å²) < 4.78 is 1.84. The molecule has 5 nitrogen and oxygen atoms in total. The van der Waals surface area contributed by atoms with Gasteiger partial charge >= 0.3 is 0 Å². The molecule has 0 unspecified atom stereocenters. The highest BCUT2D eigenvalue weighted by Gasteiger charge is 2.43. The smallest absolute Gasteiger partial charge is 0.294 e. The Hall–Kier alpha value is -3.47. The van der Waals surface area contributed by atoms with Gasteiger partial charge in [-0.3, -0.25) is 14.5 Å².